The minimum Gasteiger partial charge on any atom is -0.492 e. The number of ether oxygens (including phenoxy) is 2. The van der Waals surface area contributed by atoms with Crippen LogP contribution in [-0.2, 0) is 21.2 Å². The van der Waals surface area contributed by atoms with Crippen LogP contribution in [0.25, 0.3) is 0 Å². The molecule has 0 saturated heterocycles. The zero-order valence-electron chi connectivity index (χ0n) is 19.9. The third-order valence-electron chi connectivity index (χ3n) is 5.77. The first-order valence-corrected chi connectivity index (χ1v) is 13.2. The lowest BCUT2D eigenvalue weighted by molar-refractivity contribution is -0.127. The first kappa shape index (κ1) is 24.6. The number of sulfonamides is 1. The zero-order valence-corrected chi connectivity index (χ0v) is 20.8. The third-order valence-corrected chi connectivity index (χ3v) is 7.56. The lowest BCUT2D eigenvalue weighted by Gasteiger charge is -2.34. The van der Waals surface area contributed by atoms with Gasteiger partial charge >= 0.3 is 0 Å². The number of hydrogen-bond acceptors (Lipinski definition) is 5. The van der Waals surface area contributed by atoms with E-state index in [1.165, 1.54) is 9.87 Å². The van der Waals surface area contributed by atoms with Crippen molar-refractivity contribution in [3.63, 3.8) is 0 Å². The van der Waals surface area contributed by atoms with Crippen LogP contribution < -0.4 is 19.1 Å². The van der Waals surface area contributed by atoms with Crippen molar-refractivity contribution in [3.05, 3.63) is 83.9 Å². The normalized spacial score (nSPS) is 15.1. The molecule has 0 bridgehead atoms. The van der Waals surface area contributed by atoms with Gasteiger partial charge in [0.2, 0.25) is 0 Å². The number of carbonyl (C=O) groups excluding carboxylic acids is 1. The smallest absolute Gasteiger partial charge is 0.264 e. The van der Waals surface area contributed by atoms with Crippen molar-refractivity contribution in [1.29, 1.82) is 0 Å². The van der Waals surface area contributed by atoms with Crippen LogP contribution in [0.3, 0.4) is 0 Å². The highest BCUT2D eigenvalue weighted by Gasteiger charge is 2.37. The molecule has 0 fully saturated rings. The number of carbonyl (C=O) groups is 1. The summed E-state index contributed by atoms with van der Waals surface area (Å²) in [6.07, 6.45) is 1.12. The van der Waals surface area contributed by atoms with Gasteiger partial charge in [-0.2, -0.15) is 0 Å². The first-order chi connectivity index (χ1) is 16.9. The number of nitrogens with zero attached hydrogens (tertiary/aromatic N) is 1. The molecule has 1 atom stereocenters. The monoisotopic (exact) mass is 494 g/mol. The average molecular weight is 495 g/mol. The van der Waals surface area contributed by atoms with E-state index in [1.807, 2.05) is 31.2 Å². The molecular formula is C27H30N2O5S. The third kappa shape index (κ3) is 5.77. The van der Waals surface area contributed by atoms with Gasteiger partial charge in [0.1, 0.15) is 18.1 Å². The van der Waals surface area contributed by atoms with Gasteiger partial charge in [0.15, 0.2) is 6.10 Å². The van der Waals surface area contributed by atoms with E-state index < -0.39 is 22.0 Å². The number of hydrogen-bond donors (Lipinski definition) is 1. The summed E-state index contributed by atoms with van der Waals surface area (Å²) in [6, 6.07) is 21.4. The molecule has 1 aliphatic heterocycles. The first-order valence-electron chi connectivity index (χ1n) is 11.7. The number of benzene rings is 3. The average Bonchev–Trinajstić information content (AvgIpc) is 2.87. The second-order valence-electron chi connectivity index (χ2n) is 8.46. The number of amides is 1. The van der Waals surface area contributed by atoms with Crippen molar-refractivity contribution in [3.8, 4) is 11.5 Å². The Hall–Kier alpha value is -3.52. The Kier molecular flexibility index (Phi) is 7.60. The summed E-state index contributed by atoms with van der Waals surface area (Å²) < 4.78 is 39.7. The molecule has 3 aromatic rings. The molecule has 8 heteroatoms. The van der Waals surface area contributed by atoms with Gasteiger partial charge in [-0.3, -0.25) is 9.10 Å². The summed E-state index contributed by atoms with van der Waals surface area (Å²) in [6.45, 7) is 4.46. The van der Waals surface area contributed by atoms with Gasteiger partial charge in [0.25, 0.3) is 15.9 Å². The van der Waals surface area contributed by atoms with Crippen molar-refractivity contribution < 1.29 is 22.7 Å². The highest BCUT2D eigenvalue weighted by Crippen LogP contribution is 2.36. The van der Waals surface area contributed by atoms with Crippen LogP contribution in [-0.4, -0.2) is 40.1 Å². The van der Waals surface area contributed by atoms with E-state index >= 15 is 0 Å². The maximum Gasteiger partial charge on any atom is 0.264 e. The standard InChI is InChI=1S/C27H30N2O5S/c1-3-6-21-11-13-22(14-12-21)33-18-17-28-27(30)26-19-29(24-7-4-5-8-25(24)34-26)35(31,32)23-15-9-20(2)10-16-23/h4-5,7-16,26H,3,6,17-19H2,1-2H3,(H,28,30). The Morgan fingerprint density at radius 1 is 1.06 bits per heavy atom. The molecule has 1 unspecified atom stereocenters. The van der Waals surface area contributed by atoms with Crippen LogP contribution in [0.1, 0.15) is 24.5 Å². The molecule has 1 amide bonds. The molecule has 184 valence electrons. The van der Waals surface area contributed by atoms with Crippen LogP contribution in [0.5, 0.6) is 11.5 Å². The second kappa shape index (κ2) is 10.8. The van der Waals surface area contributed by atoms with E-state index in [0.29, 0.717) is 11.4 Å². The summed E-state index contributed by atoms with van der Waals surface area (Å²) in [5.41, 5.74) is 2.63. The molecule has 0 radical (unpaired) electrons. The van der Waals surface area contributed by atoms with Gasteiger partial charge in [-0.25, -0.2) is 8.42 Å². The van der Waals surface area contributed by atoms with Crippen molar-refractivity contribution >= 4 is 21.6 Å². The summed E-state index contributed by atoms with van der Waals surface area (Å²) in [5, 5.41) is 2.79. The molecule has 0 spiro atoms. The molecule has 0 aromatic heterocycles. The minimum atomic E-state index is -3.88. The Labute approximate surface area is 206 Å². The maximum absolute atomic E-state index is 13.4. The fraction of sp³-hybridized carbons (Fsp3) is 0.296. The van der Waals surface area contributed by atoms with Crippen LogP contribution in [0.15, 0.2) is 77.7 Å². The van der Waals surface area contributed by atoms with E-state index in [2.05, 4.69) is 12.2 Å². The van der Waals surface area contributed by atoms with Gasteiger partial charge in [0.05, 0.1) is 23.7 Å². The molecule has 3 aromatic carbocycles. The molecule has 4 rings (SSSR count). The van der Waals surface area contributed by atoms with E-state index in [-0.39, 0.29) is 24.6 Å². The summed E-state index contributed by atoms with van der Waals surface area (Å²) in [5.74, 6) is 0.681. The van der Waals surface area contributed by atoms with Gasteiger partial charge in [-0.15, -0.1) is 0 Å². The molecule has 1 N–H and O–H groups in total. The van der Waals surface area contributed by atoms with E-state index in [4.69, 9.17) is 9.47 Å². The highest BCUT2D eigenvalue weighted by molar-refractivity contribution is 7.92. The SMILES string of the molecule is CCCc1ccc(OCCNC(=O)C2CN(S(=O)(=O)c3ccc(C)cc3)c3ccccc3O2)cc1. The van der Waals surface area contributed by atoms with Crippen molar-refractivity contribution in [2.45, 2.75) is 37.7 Å². The Bertz CT molecular complexity index is 1260. The highest BCUT2D eigenvalue weighted by atomic mass is 32.2. The number of anilines is 1. The Morgan fingerprint density at radius 2 is 1.77 bits per heavy atom. The molecule has 7 nitrogen and oxygen atoms in total. The van der Waals surface area contributed by atoms with E-state index in [1.54, 1.807) is 48.5 Å². The summed E-state index contributed by atoms with van der Waals surface area (Å²) >= 11 is 0. The van der Waals surface area contributed by atoms with Gasteiger partial charge < -0.3 is 14.8 Å². The summed E-state index contributed by atoms with van der Waals surface area (Å²) in [7, 11) is -3.88. The lowest BCUT2D eigenvalue weighted by atomic mass is 10.1. The van der Waals surface area contributed by atoms with E-state index in [9.17, 15) is 13.2 Å². The molecule has 0 aliphatic carbocycles. The predicted octanol–water partition coefficient (Wildman–Crippen LogP) is 4.10. The topological polar surface area (TPSA) is 84.9 Å². The largest absolute Gasteiger partial charge is 0.492 e. The maximum atomic E-state index is 13.4. The fourth-order valence-electron chi connectivity index (χ4n) is 3.90. The zero-order chi connectivity index (χ0) is 24.8. The fourth-order valence-corrected chi connectivity index (χ4v) is 5.38. The van der Waals surface area contributed by atoms with Gasteiger partial charge in [0, 0.05) is 0 Å². The number of nitrogens with one attached hydrogen (secondary N) is 1. The minimum absolute atomic E-state index is 0.126. The predicted molar refractivity (Wildman–Crippen MR) is 136 cm³/mol. The second-order valence-corrected chi connectivity index (χ2v) is 10.3. The number of para-hydroxylation sites is 2. The molecule has 1 heterocycles. The number of aryl methyl sites for hydroxylation is 2. The Morgan fingerprint density at radius 3 is 2.49 bits per heavy atom. The van der Waals surface area contributed by atoms with Gasteiger partial charge in [-0.05, 0) is 55.3 Å². The Balaban J connectivity index is 1.41. The molecule has 35 heavy (non-hydrogen) atoms. The quantitative estimate of drug-likeness (QED) is 0.453. The molecule has 0 saturated carbocycles. The van der Waals surface area contributed by atoms with Gasteiger partial charge in [-0.1, -0.05) is 55.3 Å². The summed E-state index contributed by atoms with van der Waals surface area (Å²) in [4.78, 5) is 13.0. The van der Waals surface area contributed by atoms with Crippen LogP contribution in [0, 0.1) is 6.92 Å². The van der Waals surface area contributed by atoms with E-state index in [0.717, 1.165) is 24.2 Å². The van der Waals surface area contributed by atoms with Crippen molar-refractivity contribution in [2.75, 3.05) is 24.0 Å². The van der Waals surface area contributed by atoms with Crippen LogP contribution in [0.2, 0.25) is 0 Å². The number of fused-ring (bicyclic) bond motifs is 1. The molecular weight excluding hydrogens is 464 g/mol. The van der Waals surface area contributed by atoms with Crippen LogP contribution in [0.4, 0.5) is 5.69 Å². The van der Waals surface area contributed by atoms with Crippen LogP contribution >= 0.6 is 0 Å². The van der Waals surface area contributed by atoms with Crippen molar-refractivity contribution in [1.82, 2.24) is 5.32 Å². The number of rotatable bonds is 9. The lowest BCUT2D eigenvalue weighted by Crippen LogP contribution is -2.51. The molecule has 1 aliphatic rings. The van der Waals surface area contributed by atoms with Crippen molar-refractivity contribution in [2.24, 2.45) is 0 Å².